The molecule has 0 N–H and O–H groups in total. The monoisotopic (exact) mass is 409 g/mol. The lowest BCUT2D eigenvalue weighted by atomic mass is 10.1. The molecule has 29 heavy (non-hydrogen) atoms. The first-order valence-corrected chi connectivity index (χ1v) is 10.7. The first-order valence-electron chi connectivity index (χ1n) is 8.99. The molecule has 1 aliphatic rings. The molecule has 4 rings (SSSR count). The van der Waals surface area contributed by atoms with Gasteiger partial charge >= 0.3 is 0 Å². The second-order valence-electron chi connectivity index (χ2n) is 6.58. The van der Waals surface area contributed by atoms with Crippen molar-refractivity contribution in [3.63, 3.8) is 0 Å². The van der Waals surface area contributed by atoms with Crippen molar-refractivity contribution >= 4 is 21.4 Å². The van der Waals surface area contributed by atoms with E-state index in [1.807, 2.05) is 30.3 Å². The van der Waals surface area contributed by atoms with Gasteiger partial charge in [-0.25, -0.2) is 8.42 Å². The molecule has 0 spiro atoms. The second kappa shape index (κ2) is 7.60. The van der Waals surface area contributed by atoms with E-state index in [9.17, 15) is 13.2 Å². The van der Waals surface area contributed by atoms with Crippen LogP contribution in [0.15, 0.2) is 78.9 Å². The molecule has 3 aromatic rings. The van der Waals surface area contributed by atoms with Crippen LogP contribution in [-0.2, 0) is 14.6 Å². The van der Waals surface area contributed by atoms with Gasteiger partial charge < -0.3 is 9.47 Å². The summed E-state index contributed by atoms with van der Waals surface area (Å²) in [6.07, 6.45) is 0. The minimum atomic E-state index is -3.70. The predicted octanol–water partition coefficient (Wildman–Crippen LogP) is 3.95. The Morgan fingerprint density at radius 3 is 2.17 bits per heavy atom. The molecule has 148 valence electrons. The summed E-state index contributed by atoms with van der Waals surface area (Å²) in [5.74, 6) is 0.666. The molecule has 0 unspecified atom stereocenters. The average Bonchev–Trinajstić information content (AvgIpc) is 2.97. The highest BCUT2D eigenvalue weighted by molar-refractivity contribution is 7.93. The fourth-order valence-corrected chi connectivity index (χ4v) is 5.15. The van der Waals surface area contributed by atoms with Gasteiger partial charge in [-0.15, -0.1) is 0 Å². The number of sulfone groups is 1. The van der Waals surface area contributed by atoms with Crippen LogP contribution >= 0.6 is 0 Å². The molecule has 1 saturated heterocycles. The fraction of sp³-hybridized carbons (Fsp3) is 0.136. The summed E-state index contributed by atoms with van der Waals surface area (Å²) in [7, 11) is -2.22. The zero-order chi connectivity index (χ0) is 20.4. The predicted molar refractivity (Wildman–Crippen MR) is 110 cm³/mol. The van der Waals surface area contributed by atoms with Crippen molar-refractivity contribution in [1.82, 2.24) is 0 Å². The van der Waals surface area contributed by atoms with Crippen LogP contribution in [0.3, 0.4) is 0 Å². The number of amides is 1. The van der Waals surface area contributed by atoms with Crippen molar-refractivity contribution in [2.75, 3.05) is 17.8 Å². The number of benzene rings is 3. The highest BCUT2D eigenvalue weighted by Crippen LogP contribution is 2.41. The molecule has 0 bridgehead atoms. The summed E-state index contributed by atoms with van der Waals surface area (Å²) in [5.41, 5.74) is 0.915. The summed E-state index contributed by atoms with van der Waals surface area (Å²) in [6.45, 7) is 0. The number of nitrogens with zero attached hydrogens (tertiary/aromatic N) is 1. The van der Waals surface area contributed by atoms with E-state index in [0.29, 0.717) is 28.5 Å². The summed E-state index contributed by atoms with van der Waals surface area (Å²) in [6, 6.07) is 22.9. The maximum Gasteiger partial charge on any atom is 0.243 e. The number of para-hydroxylation sites is 3. The third kappa shape index (κ3) is 3.69. The van der Waals surface area contributed by atoms with E-state index < -0.39 is 26.9 Å². The minimum absolute atomic E-state index is 0.427. The van der Waals surface area contributed by atoms with E-state index in [0.717, 1.165) is 0 Å². The molecule has 1 atom stereocenters. The standard InChI is InChI=1S/C22H19NO5S/c1-27-20-10-6-5-9-19(20)23-21(24)15-29(25,26)22(23)16-11-13-18(14-12-16)28-17-7-3-2-4-8-17/h2-14,22H,15H2,1H3/t22-/m1/s1. The molecular formula is C22H19NO5S. The number of methoxy groups -OCH3 is 1. The van der Waals surface area contributed by atoms with Crippen molar-refractivity contribution in [2.24, 2.45) is 0 Å². The lowest BCUT2D eigenvalue weighted by Gasteiger charge is -2.25. The smallest absolute Gasteiger partial charge is 0.243 e. The van der Waals surface area contributed by atoms with E-state index in [4.69, 9.17) is 9.47 Å². The number of hydrogen-bond acceptors (Lipinski definition) is 5. The number of carbonyl (C=O) groups is 1. The van der Waals surface area contributed by atoms with Crippen LogP contribution in [0.2, 0.25) is 0 Å². The highest BCUT2D eigenvalue weighted by atomic mass is 32.2. The third-order valence-corrected chi connectivity index (χ3v) is 6.47. The summed E-state index contributed by atoms with van der Waals surface area (Å²) in [4.78, 5) is 13.9. The van der Waals surface area contributed by atoms with E-state index >= 15 is 0 Å². The summed E-state index contributed by atoms with van der Waals surface area (Å²) < 4.78 is 36.7. The van der Waals surface area contributed by atoms with Crippen LogP contribution in [0.5, 0.6) is 17.2 Å². The Balaban J connectivity index is 1.70. The maximum atomic E-state index is 12.8. The van der Waals surface area contributed by atoms with Gasteiger partial charge in [0.25, 0.3) is 0 Å². The zero-order valence-corrected chi connectivity index (χ0v) is 16.5. The Kier molecular flexibility index (Phi) is 4.98. The van der Waals surface area contributed by atoms with Crippen molar-refractivity contribution in [1.29, 1.82) is 0 Å². The Labute approximate surface area is 169 Å². The van der Waals surface area contributed by atoms with Gasteiger partial charge in [-0.05, 0) is 42.0 Å². The van der Waals surface area contributed by atoms with Gasteiger partial charge in [0.05, 0.1) is 12.8 Å². The molecule has 0 saturated carbocycles. The first kappa shape index (κ1) is 19.0. The molecular weight excluding hydrogens is 390 g/mol. The largest absolute Gasteiger partial charge is 0.495 e. The zero-order valence-electron chi connectivity index (χ0n) is 15.7. The molecule has 0 radical (unpaired) electrons. The van der Waals surface area contributed by atoms with Crippen molar-refractivity contribution in [3.8, 4) is 17.2 Å². The number of hydrogen-bond donors (Lipinski definition) is 0. The van der Waals surface area contributed by atoms with Gasteiger partial charge in [0.2, 0.25) is 5.91 Å². The maximum absolute atomic E-state index is 12.8. The quantitative estimate of drug-likeness (QED) is 0.638. The van der Waals surface area contributed by atoms with Gasteiger partial charge in [0.1, 0.15) is 23.0 Å². The Morgan fingerprint density at radius 1 is 0.862 bits per heavy atom. The second-order valence-corrected chi connectivity index (χ2v) is 8.64. The van der Waals surface area contributed by atoms with E-state index in [1.54, 1.807) is 48.5 Å². The molecule has 1 fully saturated rings. The Bertz CT molecular complexity index is 1130. The van der Waals surface area contributed by atoms with E-state index in [2.05, 4.69) is 0 Å². The van der Waals surface area contributed by atoms with Crippen LogP contribution < -0.4 is 14.4 Å². The van der Waals surface area contributed by atoms with Crippen LogP contribution in [0.25, 0.3) is 0 Å². The number of rotatable bonds is 5. The van der Waals surface area contributed by atoms with Gasteiger partial charge in [-0.2, -0.15) is 0 Å². The molecule has 0 aromatic heterocycles. The summed E-state index contributed by atoms with van der Waals surface area (Å²) in [5, 5.41) is -1.11. The topological polar surface area (TPSA) is 72.9 Å². The van der Waals surface area contributed by atoms with E-state index in [-0.39, 0.29) is 0 Å². The molecule has 0 aliphatic carbocycles. The number of ether oxygens (including phenoxy) is 2. The summed E-state index contributed by atoms with van der Waals surface area (Å²) >= 11 is 0. The van der Waals surface area contributed by atoms with Crippen LogP contribution in [-0.4, -0.2) is 27.2 Å². The van der Waals surface area contributed by atoms with E-state index in [1.165, 1.54) is 12.0 Å². The van der Waals surface area contributed by atoms with Gasteiger partial charge in [-0.1, -0.05) is 42.5 Å². The lowest BCUT2D eigenvalue weighted by Crippen LogP contribution is -2.29. The highest BCUT2D eigenvalue weighted by Gasteiger charge is 2.46. The minimum Gasteiger partial charge on any atom is -0.495 e. The van der Waals surface area contributed by atoms with Gasteiger partial charge in [-0.3, -0.25) is 9.69 Å². The normalized spacial score (nSPS) is 17.9. The Hall–Kier alpha value is -3.32. The van der Waals surface area contributed by atoms with Crippen LogP contribution in [0.4, 0.5) is 5.69 Å². The van der Waals surface area contributed by atoms with Crippen molar-refractivity contribution < 1.29 is 22.7 Å². The number of carbonyl (C=O) groups excluding carboxylic acids is 1. The Morgan fingerprint density at radius 2 is 1.48 bits per heavy atom. The molecule has 1 amide bonds. The molecule has 1 heterocycles. The first-order chi connectivity index (χ1) is 14.0. The SMILES string of the molecule is COc1ccccc1N1C(=O)CS(=O)(=O)[C@@H]1c1ccc(Oc2ccccc2)cc1. The van der Waals surface area contributed by atoms with Gasteiger partial charge in [0.15, 0.2) is 15.2 Å². The average molecular weight is 409 g/mol. The molecule has 1 aliphatic heterocycles. The number of anilines is 1. The third-order valence-electron chi connectivity index (χ3n) is 4.66. The van der Waals surface area contributed by atoms with Gasteiger partial charge in [0, 0.05) is 0 Å². The lowest BCUT2D eigenvalue weighted by molar-refractivity contribution is -0.115. The molecule has 3 aromatic carbocycles. The van der Waals surface area contributed by atoms with Crippen molar-refractivity contribution in [2.45, 2.75) is 5.37 Å². The van der Waals surface area contributed by atoms with Crippen LogP contribution in [0, 0.1) is 0 Å². The van der Waals surface area contributed by atoms with Crippen molar-refractivity contribution in [3.05, 3.63) is 84.4 Å². The van der Waals surface area contributed by atoms with Crippen LogP contribution in [0.1, 0.15) is 10.9 Å². The molecule has 6 nitrogen and oxygen atoms in total. The molecule has 7 heteroatoms. The fourth-order valence-electron chi connectivity index (χ4n) is 3.38.